The third-order valence-corrected chi connectivity index (χ3v) is 5.26. The van der Waals surface area contributed by atoms with Crippen molar-refractivity contribution in [2.24, 2.45) is 0 Å². The first-order valence-corrected chi connectivity index (χ1v) is 8.82. The first-order chi connectivity index (χ1) is 11.2. The Morgan fingerprint density at radius 2 is 2.09 bits per heavy atom. The van der Waals surface area contributed by atoms with E-state index in [9.17, 15) is 4.79 Å². The van der Waals surface area contributed by atoms with Crippen LogP contribution in [0.15, 0.2) is 47.3 Å². The highest BCUT2D eigenvalue weighted by atomic mass is 127. The molecule has 0 bridgehead atoms. The molecule has 0 saturated carbocycles. The number of rotatable bonds is 2. The Morgan fingerprint density at radius 3 is 2.91 bits per heavy atom. The number of hydrogen-bond donors (Lipinski definition) is 0. The summed E-state index contributed by atoms with van der Waals surface area (Å²) in [6.07, 6.45) is 1.87. The van der Waals surface area contributed by atoms with Crippen LogP contribution in [0.4, 0.5) is 0 Å². The molecule has 114 valence electrons. The van der Waals surface area contributed by atoms with E-state index in [1.54, 1.807) is 11.5 Å². The number of aromatic nitrogens is 2. The van der Waals surface area contributed by atoms with Crippen molar-refractivity contribution in [2.45, 2.75) is 0 Å². The lowest BCUT2D eigenvalue weighted by Crippen LogP contribution is -2.22. The van der Waals surface area contributed by atoms with Gasteiger partial charge in [-0.1, -0.05) is 23.5 Å². The molecule has 0 saturated heterocycles. The Hall–Kier alpha value is -1.93. The Labute approximate surface area is 149 Å². The van der Waals surface area contributed by atoms with Gasteiger partial charge in [-0.05, 0) is 59.0 Å². The summed E-state index contributed by atoms with van der Waals surface area (Å²) in [5.41, 5.74) is 2.54. The molecule has 2 heterocycles. The summed E-state index contributed by atoms with van der Waals surface area (Å²) in [6, 6.07) is 13.6. The van der Waals surface area contributed by atoms with E-state index in [4.69, 9.17) is 4.74 Å². The van der Waals surface area contributed by atoms with Gasteiger partial charge in [-0.25, -0.2) is 9.38 Å². The van der Waals surface area contributed by atoms with Crippen LogP contribution in [0.2, 0.25) is 0 Å². The number of imidazole rings is 1. The summed E-state index contributed by atoms with van der Waals surface area (Å²) in [5.74, 6) is 0.751. The maximum atomic E-state index is 12.8. The average molecular weight is 434 g/mol. The highest BCUT2D eigenvalue weighted by Gasteiger charge is 2.11. The Morgan fingerprint density at radius 1 is 1.26 bits per heavy atom. The van der Waals surface area contributed by atoms with Crippen LogP contribution in [0, 0.1) is 3.57 Å². The number of thiazole rings is 1. The summed E-state index contributed by atoms with van der Waals surface area (Å²) >= 11 is 3.64. The van der Waals surface area contributed by atoms with Gasteiger partial charge in [0, 0.05) is 9.13 Å². The molecule has 4 aromatic rings. The first-order valence-electron chi connectivity index (χ1n) is 6.92. The molecule has 0 fully saturated rings. The van der Waals surface area contributed by atoms with Crippen molar-refractivity contribution < 1.29 is 4.74 Å². The van der Waals surface area contributed by atoms with Crippen LogP contribution in [0.25, 0.3) is 22.1 Å². The van der Waals surface area contributed by atoms with Crippen LogP contribution in [-0.2, 0) is 0 Å². The molecule has 4 rings (SSSR count). The number of benzene rings is 2. The number of ether oxygens (including phenoxy) is 1. The predicted molar refractivity (Wildman–Crippen MR) is 101 cm³/mol. The van der Waals surface area contributed by atoms with Gasteiger partial charge in [0.05, 0.1) is 22.7 Å². The smallest absolute Gasteiger partial charge is 0.274 e. The monoisotopic (exact) mass is 434 g/mol. The Kier molecular flexibility index (Phi) is 3.57. The van der Waals surface area contributed by atoms with E-state index in [0.717, 1.165) is 25.9 Å². The summed E-state index contributed by atoms with van der Waals surface area (Å²) in [4.78, 5) is 18.0. The van der Waals surface area contributed by atoms with Gasteiger partial charge in [-0.3, -0.25) is 4.79 Å². The molecule has 0 aliphatic rings. The van der Waals surface area contributed by atoms with E-state index < -0.39 is 0 Å². The number of hydrogen-bond acceptors (Lipinski definition) is 4. The van der Waals surface area contributed by atoms with E-state index in [1.807, 2.05) is 48.5 Å². The molecule has 4 nitrogen and oxygen atoms in total. The molecular formula is C17H11IN2O2S. The number of fused-ring (bicyclic) bond motifs is 3. The van der Waals surface area contributed by atoms with Crippen molar-refractivity contribution in [3.63, 3.8) is 0 Å². The third kappa shape index (κ3) is 2.42. The van der Waals surface area contributed by atoms with Gasteiger partial charge in [-0.2, -0.15) is 0 Å². The van der Waals surface area contributed by atoms with Crippen LogP contribution in [0.5, 0.6) is 5.75 Å². The van der Waals surface area contributed by atoms with Gasteiger partial charge in [0.25, 0.3) is 5.56 Å². The van der Waals surface area contributed by atoms with Crippen LogP contribution in [-0.4, -0.2) is 16.5 Å². The largest absolute Gasteiger partial charge is 0.496 e. The topological polar surface area (TPSA) is 43.6 Å². The van der Waals surface area contributed by atoms with E-state index >= 15 is 0 Å². The fraction of sp³-hybridized carbons (Fsp3) is 0.0588. The number of para-hydroxylation sites is 2. The van der Waals surface area contributed by atoms with E-state index in [-0.39, 0.29) is 5.56 Å². The van der Waals surface area contributed by atoms with Crippen LogP contribution in [0.1, 0.15) is 5.56 Å². The van der Waals surface area contributed by atoms with Gasteiger partial charge < -0.3 is 4.74 Å². The van der Waals surface area contributed by atoms with Crippen molar-refractivity contribution in [2.75, 3.05) is 7.11 Å². The number of nitrogens with zero attached hydrogens (tertiary/aromatic N) is 2. The van der Waals surface area contributed by atoms with Crippen LogP contribution >= 0.6 is 33.9 Å². The van der Waals surface area contributed by atoms with Crippen molar-refractivity contribution in [3.05, 3.63) is 66.5 Å². The Balaban J connectivity index is 2.01. The van der Waals surface area contributed by atoms with Crippen molar-refractivity contribution in [3.8, 4) is 5.75 Å². The number of halogens is 1. The molecule has 23 heavy (non-hydrogen) atoms. The molecule has 6 heteroatoms. The quantitative estimate of drug-likeness (QED) is 0.456. The van der Waals surface area contributed by atoms with Crippen molar-refractivity contribution in [1.29, 1.82) is 0 Å². The standard InChI is InChI=1S/C17H11IN2O2S/c1-22-14-7-6-11(18)8-10(14)9-15-16(21)20-13-5-3-2-4-12(13)19-17(20)23-15/h2-9H,1H3/b15-9+. The fourth-order valence-corrected chi connectivity index (χ4v) is 4.06. The minimum absolute atomic E-state index is 0.0420. The molecule has 2 aromatic heterocycles. The lowest BCUT2D eigenvalue weighted by atomic mass is 10.2. The lowest BCUT2D eigenvalue weighted by Gasteiger charge is -2.04. The maximum absolute atomic E-state index is 12.8. The van der Waals surface area contributed by atoms with Gasteiger partial charge in [-0.15, -0.1) is 0 Å². The zero-order valence-electron chi connectivity index (χ0n) is 12.1. The summed E-state index contributed by atoms with van der Waals surface area (Å²) in [5, 5.41) is 0. The zero-order valence-corrected chi connectivity index (χ0v) is 15.1. The highest BCUT2D eigenvalue weighted by Crippen LogP contribution is 2.22. The van der Waals surface area contributed by atoms with E-state index in [1.165, 1.54) is 11.3 Å². The molecule has 0 aliphatic carbocycles. The fourth-order valence-electron chi connectivity index (χ4n) is 2.57. The zero-order chi connectivity index (χ0) is 16.0. The molecule has 0 spiro atoms. The third-order valence-electron chi connectivity index (χ3n) is 3.62. The molecule has 0 N–H and O–H groups in total. The predicted octanol–water partition coefficient (Wildman–Crippen LogP) is 3.07. The van der Waals surface area contributed by atoms with Crippen LogP contribution < -0.4 is 14.8 Å². The van der Waals surface area contributed by atoms with Gasteiger partial charge in [0.2, 0.25) is 0 Å². The maximum Gasteiger partial charge on any atom is 0.274 e. The molecule has 0 radical (unpaired) electrons. The van der Waals surface area contributed by atoms with Gasteiger partial charge in [0.1, 0.15) is 5.75 Å². The second kappa shape index (κ2) is 5.61. The minimum Gasteiger partial charge on any atom is -0.496 e. The second-order valence-corrected chi connectivity index (χ2v) is 7.28. The Bertz CT molecular complexity index is 1150. The van der Waals surface area contributed by atoms with Gasteiger partial charge in [0.15, 0.2) is 4.96 Å². The normalized spacial score (nSPS) is 12.3. The SMILES string of the molecule is COc1ccc(I)cc1/C=c1/sc2nc3ccccc3n2c1=O. The van der Waals surface area contributed by atoms with Crippen molar-refractivity contribution >= 4 is 56.0 Å². The average Bonchev–Trinajstić information content (AvgIpc) is 3.05. The molecule has 2 aromatic carbocycles. The van der Waals surface area contributed by atoms with E-state index in [2.05, 4.69) is 27.6 Å². The molecule has 0 unspecified atom stereocenters. The second-order valence-electron chi connectivity index (χ2n) is 5.02. The molecule has 0 aliphatic heterocycles. The molecule has 0 amide bonds. The first kappa shape index (κ1) is 14.6. The lowest BCUT2D eigenvalue weighted by molar-refractivity contribution is 0.413. The van der Waals surface area contributed by atoms with Crippen molar-refractivity contribution in [1.82, 2.24) is 9.38 Å². The highest BCUT2D eigenvalue weighted by molar-refractivity contribution is 14.1. The van der Waals surface area contributed by atoms with Gasteiger partial charge >= 0.3 is 0 Å². The summed E-state index contributed by atoms with van der Waals surface area (Å²) in [6.45, 7) is 0. The van der Waals surface area contributed by atoms with Crippen LogP contribution in [0.3, 0.4) is 0 Å². The van der Waals surface area contributed by atoms with E-state index in [0.29, 0.717) is 9.49 Å². The minimum atomic E-state index is -0.0420. The molecular weight excluding hydrogens is 423 g/mol. The number of methoxy groups -OCH3 is 1. The molecule has 0 atom stereocenters. The summed E-state index contributed by atoms with van der Waals surface area (Å²) in [7, 11) is 1.63. The summed E-state index contributed by atoms with van der Waals surface area (Å²) < 4.78 is 8.80.